The molecule has 0 bridgehead atoms. The lowest BCUT2D eigenvalue weighted by molar-refractivity contribution is -0.125. The first-order valence-corrected chi connectivity index (χ1v) is 13.3. The van der Waals surface area contributed by atoms with Gasteiger partial charge in [0.25, 0.3) is 0 Å². The zero-order valence-corrected chi connectivity index (χ0v) is 21.1. The lowest BCUT2D eigenvalue weighted by Crippen LogP contribution is -2.43. The summed E-state index contributed by atoms with van der Waals surface area (Å²) in [5.41, 5.74) is 1.32. The van der Waals surface area contributed by atoms with Gasteiger partial charge < -0.3 is 10.2 Å². The Morgan fingerprint density at radius 1 is 1.18 bits per heavy atom. The molecule has 0 radical (unpaired) electrons. The van der Waals surface area contributed by atoms with Gasteiger partial charge in [0.1, 0.15) is 0 Å². The van der Waals surface area contributed by atoms with Gasteiger partial charge in [-0.05, 0) is 45.1 Å². The molecule has 0 saturated carbocycles. The highest BCUT2D eigenvalue weighted by molar-refractivity contribution is 7.19. The van der Waals surface area contributed by atoms with E-state index in [0.29, 0.717) is 30.7 Å². The molecular formula is C25H36N6O2S. The van der Waals surface area contributed by atoms with E-state index in [1.165, 1.54) is 16.9 Å². The maximum Gasteiger partial charge on any atom is 0.228 e. The molecule has 0 aliphatic carbocycles. The predicted octanol–water partition coefficient (Wildman–Crippen LogP) is 3.30. The van der Waals surface area contributed by atoms with Crippen LogP contribution in [0.3, 0.4) is 0 Å². The highest BCUT2D eigenvalue weighted by Crippen LogP contribution is 2.32. The van der Waals surface area contributed by atoms with Crippen molar-refractivity contribution in [3.63, 3.8) is 0 Å². The minimum atomic E-state index is -0.0416. The molecule has 1 aromatic carbocycles. The first-order valence-electron chi connectivity index (χ1n) is 12.5. The Morgan fingerprint density at radius 2 is 1.97 bits per heavy atom. The fourth-order valence-corrected chi connectivity index (χ4v) is 5.56. The molecule has 1 aromatic heterocycles. The van der Waals surface area contributed by atoms with Crippen LogP contribution in [0.1, 0.15) is 51.5 Å². The third-order valence-corrected chi connectivity index (χ3v) is 7.66. The van der Waals surface area contributed by atoms with E-state index in [4.69, 9.17) is 0 Å². The van der Waals surface area contributed by atoms with Crippen molar-refractivity contribution in [1.82, 2.24) is 20.4 Å². The molecule has 1 N–H and O–H groups in total. The lowest BCUT2D eigenvalue weighted by Gasteiger charge is -2.31. The van der Waals surface area contributed by atoms with Crippen molar-refractivity contribution in [3.05, 3.63) is 35.9 Å². The number of rotatable bonds is 10. The number of carbonyl (C=O) groups is 2. The van der Waals surface area contributed by atoms with E-state index < -0.39 is 0 Å². The summed E-state index contributed by atoms with van der Waals surface area (Å²) in [6, 6.07) is 11.0. The van der Waals surface area contributed by atoms with E-state index in [9.17, 15) is 9.59 Å². The van der Waals surface area contributed by atoms with Crippen LogP contribution < -0.4 is 15.1 Å². The molecule has 2 aliphatic heterocycles. The summed E-state index contributed by atoms with van der Waals surface area (Å²) in [4.78, 5) is 31.2. The minimum Gasteiger partial charge on any atom is -0.356 e. The van der Waals surface area contributed by atoms with Gasteiger partial charge in [-0.2, -0.15) is 0 Å². The number of carbonyl (C=O) groups excluding carboxylic acids is 2. The molecule has 3 heterocycles. The van der Waals surface area contributed by atoms with E-state index in [1.807, 2.05) is 6.07 Å². The highest BCUT2D eigenvalue weighted by Gasteiger charge is 2.30. The molecule has 9 heteroatoms. The first kappa shape index (κ1) is 24.6. The number of nitrogens with zero attached hydrogens (tertiary/aromatic N) is 5. The topological polar surface area (TPSA) is 81.7 Å². The van der Waals surface area contributed by atoms with E-state index in [0.717, 1.165) is 57.0 Å². The quantitative estimate of drug-likeness (QED) is 0.521. The summed E-state index contributed by atoms with van der Waals surface area (Å²) in [5, 5.41) is 13.2. The molecule has 2 aromatic rings. The summed E-state index contributed by atoms with van der Waals surface area (Å²) in [6.07, 6.45) is 4.23. The number of hydrogen-bond acceptors (Lipinski definition) is 7. The molecular weight excluding hydrogens is 448 g/mol. The Hall–Kier alpha value is -2.52. The van der Waals surface area contributed by atoms with Gasteiger partial charge in [-0.25, -0.2) is 0 Å². The third kappa shape index (κ3) is 6.33. The lowest BCUT2D eigenvalue weighted by atomic mass is 9.97. The Balaban J connectivity index is 1.22. The molecule has 2 amide bonds. The van der Waals surface area contributed by atoms with E-state index in [-0.39, 0.29) is 17.7 Å². The number of aromatic nitrogens is 2. The van der Waals surface area contributed by atoms with Crippen LogP contribution in [0.25, 0.3) is 0 Å². The molecule has 4 rings (SSSR count). The number of amides is 2. The Bertz CT molecular complexity index is 950. The van der Waals surface area contributed by atoms with E-state index in [2.05, 4.69) is 63.4 Å². The summed E-state index contributed by atoms with van der Waals surface area (Å²) in [7, 11) is 0. The summed E-state index contributed by atoms with van der Waals surface area (Å²) < 4.78 is 0. The fraction of sp³-hybridized carbons (Fsp3) is 0.600. The van der Waals surface area contributed by atoms with Crippen LogP contribution in [0.5, 0.6) is 0 Å². The highest BCUT2D eigenvalue weighted by atomic mass is 32.1. The zero-order chi connectivity index (χ0) is 23.9. The van der Waals surface area contributed by atoms with Crippen molar-refractivity contribution in [2.45, 2.75) is 58.5 Å². The van der Waals surface area contributed by atoms with Gasteiger partial charge in [0.2, 0.25) is 22.1 Å². The second-order valence-electron chi connectivity index (χ2n) is 9.50. The van der Waals surface area contributed by atoms with Gasteiger partial charge in [-0.15, -0.1) is 10.2 Å². The average Bonchev–Trinajstić information content (AvgIpc) is 3.50. The van der Waals surface area contributed by atoms with Crippen molar-refractivity contribution in [2.75, 3.05) is 42.5 Å². The maximum absolute atomic E-state index is 12.9. The Morgan fingerprint density at radius 3 is 2.71 bits per heavy atom. The molecule has 1 atom stereocenters. The monoisotopic (exact) mass is 484 g/mol. The minimum absolute atomic E-state index is 0.0416. The third-order valence-electron chi connectivity index (χ3n) is 6.65. The van der Waals surface area contributed by atoms with Gasteiger partial charge in [-0.1, -0.05) is 41.7 Å². The van der Waals surface area contributed by atoms with Crippen LogP contribution in [0.15, 0.2) is 30.3 Å². The van der Waals surface area contributed by atoms with Crippen LogP contribution in [0.4, 0.5) is 10.3 Å². The number of benzene rings is 1. The smallest absolute Gasteiger partial charge is 0.228 e. The molecule has 8 nitrogen and oxygen atoms in total. The molecule has 2 saturated heterocycles. The summed E-state index contributed by atoms with van der Waals surface area (Å²) in [5.74, 6) is 0.210. The molecule has 0 spiro atoms. The summed E-state index contributed by atoms with van der Waals surface area (Å²) >= 11 is 1.45. The second kappa shape index (κ2) is 11.8. The number of hydrogen-bond donors (Lipinski definition) is 1. The predicted molar refractivity (Wildman–Crippen MR) is 136 cm³/mol. The summed E-state index contributed by atoms with van der Waals surface area (Å²) in [6.45, 7) is 9.25. The molecule has 2 aliphatic rings. The van der Waals surface area contributed by atoms with Gasteiger partial charge in [0, 0.05) is 51.7 Å². The van der Waals surface area contributed by atoms with Gasteiger partial charge in [-0.3, -0.25) is 19.4 Å². The van der Waals surface area contributed by atoms with Crippen molar-refractivity contribution in [2.24, 2.45) is 5.92 Å². The van der Waals surface area contributed by atoms with Crippen molar-refractivity contribution >= 4 is 33.4 Å². The number of piperidine rings is 1. The van der Waals surface area contributed by atoms with Gasteiger partial charge >= 0.3 is 0 Å². The normalized spacial score (nSPS) is 18.8. The molecule has 1 unspecified atom stereocenters. The Labute approximate surface area is 206 Å². The van der Waals surface area contributed by atoms with E-state index in [1.54, 1.807) is 4.90 Å². The molecule has 2 fully saturated rings. The molecule has 184 valence electrons. The van der Waals surface area contributed by atoms with Crippen LogP contribution in [0.2, 0.25) is 0 Å². The molecule has 34 heavy (non-hydrogen) atoms. The van der Waals surface area contributed by atoms with Crippen molar-refractivity contribution in [3.8, 4) is 0 Å². The second-order valence-corrected chi connectivity index (χ2v) is 10.4. The SMILES string of the molecule is CC(C)N(CCCNC(=O)C1CCCN(c2nnc(N3CCCC3=O)s2)C1)Cc1ccccc1. The zero-order valence-electron chi connectivity index (χ0n) is 20.3. The largest absolute Gasteiger partial charge is 0.356 e. The fourth-order valence-electron chi connectivity index (χ4n) is 4.64. The van der Waals surface area contributed by atoms with E-state index >= 15 is 0 Å². The van der Waals surface area contributed by atoms with Crippen LogP contribution >= 0.6 is 11.3 Å². The van der Waals surface area contributed by atoms with Crippen LogP contribution in [-0.2, 0) is 16.1 Å². The van der Waals surface area contributed by atoms with Crippen LogP contribution in [-0.4, -0.2) is 65.7 Å². The standard InChI is InChI=1S/C25H36N6O2S/c1-19(2)29(17-20-9-4-3-5-10-20)15-8-13-26-23(33)21-11-6-14-30(18-21)24-27-28-25(34-24)31-16-7-12-22(31)32/h3-5,9-10,19,21H,6-8,11-18H2,1-2H3,(H,26,33). The van der Waals surface area contributed by atoms with Crippen molar-refractivity contribution in [1.29, 1.82) is 0 Å². The van der Waals surface area contributed by atoms with Crippen molar-refractivity contribution < 1.29 is 9.59 Å². The van der Waals surface area contributed by atoms with Gasteiger partial charge in [0.15, 0.2) is 0 Å². The number of anilines is 2. The Kier molecular flexibility index (Phi) is 8.50. The van der Waals surface area contributed by atoms with Crippen LogP contribution in [0, 0.1) is 5.92 Å². The first-order chi connectivity index (χ1) is 16.5. The average molecular weight is 485 g/mol. The van der Waals surface area contributed by atoms with Gasteiger partial charge in [0.05, 0.1) is 5.92 Å². The maximum atomic E-state index is 12.9. The number of nitrogens with one attached hydrogen (secondary N) is 1.